The molecule has 1 aliphatic rings. The van der Waals surface area contributed by atoms with E-state index in [4.69, 9.17) is 5.73 Å². The summed E-state index contributed by atoms with van der Waals surface area (Å²) < 4.78 is 0. The fraction of sp³-hybridized carbons (Fsp3) is 0.351. The summed E-state index contributed by atoms with van der Waals surface area (Å²) in [5, 5.41) is 2.75. The lowest BCUT2D eigenvalue weighted by Crippen LogP contribution is -2.08. The van der Waals surface area contributed by atoms with Gasteiger partial charge in [-0.1, -0.05) is 80.6 Å². The van der Waals surface area contributed by atoms with Crippen molar-refractivity contribution in [3.63, 3.8) is 0 Å². The van der Waals surface area contributed by atoms with Crippen LogP contribution < -0.4 is 11.1 Å². The number of fused-ring (bicyclic) bond motifs is 6. The van der Waals surface area contributed by atoms with Crippen LogP contribution in [0.25, 0.3) is 5.57 Å². The van der Waals surface area contributed by atoms with Crippen molar-refractivity contribution in [2.24, 2.45) is 5.73 Å². The van der Waals surface area contributed by atoms with Crippen molar-refractivity contribution in [3.05, 3.63) is 136 Å². The topological polar surface area (TPSA) is 38.0 Å². The highest BCUT2D eigenvalue weighted by atomic mass is 14.7. The first kappa shape index (κ1) is 33.7. The first-order chi connectivity index (χ1) is 18.8. The van der Waals surface area contributed by atoms with Gasteiger partial charge in [0.2, 0.25) is 0 Å². The molecule has 0 fully saturated rings. The van der Waals surface area contributed by atoms with Crippen molar-refractivity contribution in [3.8, 4) is 0 Å². The number of rotatable bonds is 1. The van der Waals surface area contributed by atoms with Crippen LogP contribution in [0.2, 0.25) is 0 Å². The molecule has 3 N–H and O–H groups in total. The Morgan fingerprint density at radius 1 is 0.897 bits per heavy atom. The lowest BCUT2D eigenvalue weighted by atomic mass is 9.81. The molecular formula is C37H52N2. The normalized spacial score (nSPS) is 15.3. The number of hydrogen-bond acceptors (Lipinski definition) is 2. The van der Waals surface area contributed by atoms with Crippen LogP contribution >= 0.6 is 0 Å². The van der Waals surface area contributed by atoms with Crippen molar-refractivity contribution in [1.82, 2.24) is 5.32 Å². The molecule has 0 amide bonds. The van der Waals surface area contributed by atoms with Gasteiger partial charge in [0.25, 0.3) is 0 Å². The van der Waals surface area contributed by atoms with Gasteiger partial charge in [-0.25, -0.2) is 0 Å². The number of nitrogens with two attached hydrogens (primary N) is 1. The Hall–Kier alpha value is -3.36. The lowest BCUT2D eigenvalue weighted by Gasteiger charge is -2.23. The molecule has 1 unspecified atom stereocenters. The third-order valence-electron chi connectivity index (χ3n) is 6.75. The molecule has 39 heavy (non-hydrogen) atoms. The van der Waals surface area contributed by atoms with Gasteiger partial charge in [-0.3, -0.25) is 0 Å². The summed E-state index contributed by atoms with van der Waals surface area (Å²) in [5.74, 6) is 0.163. The van der Waals surface area contributed by atoms with Crippen molar-refractivity contribution in [1.29, 1.82) is 0 Å². The fourth-order valence-electron chi connectivity index (χ4n) is 4.92. The molecule has 3 aromatic rings. The predicted octanol–water partition coefficient (Wildman–Crippen LogP) is 9.29. The zero-order valence-corrected chi connectivity index (χ0v) is 26.0. The molecule has 6 bridgehead atoms. The van der Waals surface area contributed by atoms with Crippen molar-refractivity contribution in [2.45, 2.75) is 73.6 Å². The van der Waals surface area contributed by atoms with E-state index < -0.39 is 0 Å². The second-order valence-corrected chi connectivity index (χ2v) is 9.77. The lowest BCUT2D eigenvalue weighted by molar-refractivity contribution is 0.811. The monoisotopic (exact) mass is 524 g/mol. The summed E-state index contributed by atoms with van der Waals surface area (Å²) in [5.41, 5.74) is 19.3. The predicted molar refractivity (Wildman–Crippen MR) is 176 cm³/mol. The SMILES string of the molecule is C/C=C1/c2cccc(c2)CCCc2cc(ccc2C)C(/C(C)=C/N)c2ccc(C)c1c2.C=CC.CC.CNC. The third-order valence-corrected chi connectivity index (χ3v) is 6.75. The summed E-state index contributed by atoms with van der Waals surface area (Å²) in [6.07, 6.45) is 9.12. The standard InChI is InChI=1S/C30H33N.C3H6.C2H7N.C2H6/c1-5-28-25-11-7-9-23(16-25)8-6-10-24-17-26(14-12-20(24)2)30(22(4)19-31)27-15-13-21(3)29(28)18-27;2*1-3-2;1-2/h5,7,9,11-19,30H,6,8,10,31H2,1-4H3;3H,1H2,2H3;3H,1-2H3;1-2H3/b22-19+,28-5-;;;. The van der Waals surface area contributed by atoms with Gasteiger partial charge in [0.05, 0.1) is 0 Å². The van der Waals surface area contributed by atoms with E-state index in [0.29, 0.717) is 0 Å². The Bertz CT molecular complexity index is 1230. The molecule has 0 aliphatic heterocycles. The molecule has 4 rings (SSSR count). The molecular weight excluding hydrogens is 472 g/mol. The quantitative estimate of drug-likeness (QED) is 0.311. The van der Waals surface area contributed by atoms with Crippen LogP contribution in [-0.4, -0.2) is 14.1 Å². The van der Waals surface area contributed by atoms with Crippen LogP contribution in [0.1, 0.15) is 91.5 Å². The largest absolute Gasteiger partial charge is 0.405 e. The highest BCUT2D eigenvalue weighted by Crippen LogP contribution is 2.36. The summed E-state index contributed by atoms with van der Waals surface area (Å²) in [4.78, 5) is 0. The summed E-state index contributed by atoms with van der Waals surface area (Å²) in [6, 6.07) is 23.0. The first-order valence-corrected chi connectivity index (χ1v) is 14.3. The Balaban J connectivity index is 0.000000856. The molecule has 210 valence electrons. The van der Waals surface area contributed by atoms with Crippen LogP contribution in [0.5, 0.6) is 0 Å². The minimum Gasteiger partial charge on any atom is -0.405 e. The molecule has 0 spiro atoms. The van der Waals surface area contributed by atoms with Crippen molar-refractivity contribution < 1.29 is 0 Å². The number of allylic oxidation sites excluding steroid dienone is 3. The third kappa shape index (κ3) is 9.41. The van der Waals surface area contributed by atoms with E-state index in [1.54, 1.807) is 12.3 Å². The molecule has 2 heteroatoms. The van der Waals surface area contributed by atoms with Crippen LogP contribution in [0, 0.1) is 13.8 Å². The molecule has 0 aromatic heterocycles. The number of benzene rings is 3. The smallest absolute Gasteiger partial charge is 0.0313 e. The Morgan fingerprint density at radius 2 is 1.49 bits per heavy atom. The molecule has 3 aromatic carbocycles. The fourth-order valence-corrected chi connectivity index (χ4v) is 4.92. The maximum atomic E-state index is 6.05. The van der Waals surface area contributed by atoms with Crippen molar-refractivity contribution >= 4 is 5.57 Å². The van der Waals surface area contributed by atoms with E-state index in [2.05, 4.69) is 106 Å². The van der Waals surface area contributed by atoms with Crippen LogP contribution in [0.3, 0.4) is 0 Å². The highest BCUT2D eigenvalue weighted by molar-refractivity contribution is 5.82. The van der Waals surface area contributed by atoms with Gasteiger partial charge >= 0.3 is 0 Å². The van der Waals surface area contributed by atoms with Crippen molar-refractivity contribution in [2.75, 3.05) is 14.1 Å². The second kappa shape index (κ2) is 18.0. The highest BCUT2D eigenvalue weighted by Gasteiger charge is 2.20. The first-order valence-electron chi connectivity index (χ1n) is 14.3. The molecule has 0 saturated heterocycles. The van der Waals surface area contributed by atoms with Crippen LogP contribution in [0.4, 0.5) is 0 Å². The second-order valence-electron chi connectivity index (χ2n) is 9.77. The molecule has 1 atom stereocenters. The maximum Gasteiger partial charge on any atom is 0.0313 e. The molecule has 0 radical (unpaired) electrons. The molecule has 0 saturated carbocycles. The summed E-state index contributed by atoms with van der Waals surface area (Å²) in [7, 11) is 3.75. The minimum absolute atomic E-state index is 0.163. The van der Waals surface area contributed by atoms with Gasteiger partial charge in [-0.05, 0) is 136 Å². The van der Waals surface area contributed by atoms with Gasteiger partial charge in [-0.15, -0.1) is 6.58 Å². The average Bonchev–Trinajstić information content (AvgIpc) is 2.94. The van der Waals surface area contributed by atoms with E-state index in [-0.39, 0.29) is 5.92 Å². The van der Waals surface area contributed by atoms with E-state index >= 15 is 0 Å². The van der Waals surface area contributed by atoms with E-state index in [1.807, 2.05) is 34.9 Å². The van der Waals surface area contributed by atoms with E-state index in [9.17, 15) is 0 Å². The average molecular weight is 525 g/mol. The maximum absolute atomic E-state index is 6.05. The Labute approximate surface area is 239 Å². The zero-order chi connectivity index (χ0) is 29.4. The molecule has 1 aliphatic carbocycles. The minimum atomic E-state index is 0.163. The van der Waals surface area contributed by atoms with Crippen LogP contribution in [-0.2, 0) is 12.8 Å². The van der Waals surface area contributed by atoms with Gasteiger partial charge in [0, 0.05) is 5.92 Å². The van der Waals surface area contributed by atoms with Gasteiger partial charge in [-0.2, -0.15) is 0 Å². The number of aryl methyl sites for hydroxylation is 4. The molecule has 2 nitrogen and oxygen atoms in total. The van der Waals surface area contributed by atoms with Gasteiger partial charge in [0.15, 0.2) is 0 Å². The van der Waals surface area contributed by atoms with Gasteiger partial charge < -0.3 is 11.1 Å². The zero-order valence-electron chi connectivity index (χ0n) is 26.0. The van der Waals surface area contributed by atoms with E-state index in [1.165, 1.54) is 55.7 Å². The Morgan fingerprint density at radius 3 is 2.08 bits per heavy atom. The number of nitrogens with one attached hydrogen (secondary N) is 1. The summed E-state index contributed by atoms with van der Waals surface area (Å²) in [6.45, 7) is 18.0. The summed E-state index contributed by atoms with van der Waals surface area (Å²) >= 11 is 0. The number of hydrogen-bond donors (Lipinski definition) is 2. The Kier molecular flexibility index (Phi) is 15.6. The molecule has 0 heterocycles. The van der Waals surface area contributed by atoms with E-state index in [0.717, 1.165) is 19.3 Å². The van der Waals surface area contributed by atoms with Crippen LogP contribution in [0.15, 0.2) is 91.2 Å². The van der Waals surface area contributed by atoms with Gasteiger partial charge in [0.1, 0.15) is 0 Å².